The van der Waals surface area contributed by atoms with E-state index in [9.17, 15) is 5.11 Å². The van der Waals surface area contributed by atoms with Crippen molar-refractivity contribution in [3.63, 3.8) is 0 Å². The van der Waals surface area contributed by atoms with E-state index in [1.165, 1.54) is 0 Å². The molecule has 0 aliphatic heterocycles. The smallest absolute Gasteiger partial charge is 0.121 e. The third-order valence-corrected chi connectivity index (χ3v) is 2.75. The molecule has 1 N–H and O–H groups in total. The number of nitrogens with zero attached hydrogens (tertiary/aromatic N) is 1. The highest BCUT2D eigenvalue weighted by Crippen LogP contribution is 2.23. The molecular formula is C13H12ClNO. The van der Waals surface area contributed by atoms with Gasteiger partial charge in [-0.2, -0.15) is 0 Å². The summed E-state index contributed by atoms with van der Waals surface area (Å²) in [5, 5.41) is 10.8. The van der Waals surface area contributed by atoms with Crippen molar-refractivity contribution in [3.05, 3.63) is 64.4 Å². The maximum absolute atomic E-state index is 10.2. The lowest BCUT2D eigenvalue weighted by atomic mass is 10.0. The molecule has 1 aromatic heterocycles. The molecule has 0 bridgehead atoms. The zero-order valence-electron chi connectivity index (χ0n) is 8.89. The summed E-state index contributed by atoms with van der Waals surface area (Å²) in [6.07, 6.45) is 0.986. The van der Waals surface area contributed by atoms with Crippen molar-refractivity contribution >= 4 is 11.6 Å². The second-order valence-electron chi connectivity index (χ2n) is 3.66. The number of benzene rings is 1. The van der Waals surface area contributed by atoms with Crippen molar-refractivity contribution < 1.29 is 5.11 Å². The molecule has 0 aliphatic carbocycles. The number of pyridine rings is 1. The zero-order valence-corrected chi connectivity index (χ0v) is 9.65. The highest BCUT2D eigenvalue weighted by Gasteiger charge is 2.13. The summed E-state index contributed by atoms with van der Waals surface area (Å²) >= 11 is 5.80. The van der Waals surface area contributed by atoms with Crippen molar-refractivity contribution in [1.29, 1.82) is 0 Å². The molecule has 1 unspecified atom stereocenters. The van der Waals surface area contributed by atoms with Gasteiger partial charge in [-0.1, -0.05) is 29.8 Å². The summed E-state index contributed by atoms with van der Waals surface area (Å²) in [5.41, 5.74) is 2.46. The lowest BCUT2D eigenvalue weighted by Crippen LogP contribution is -2.04. The first kappa shape index (κ1) is 11.1. The third kappa shape index (κ3) is 2.23. The van der Waals surface area contributed by atoms with Crippen LogP contribution in [0.2, 0.25) is 5.02 Å². The molecular weight excluding hydrogens is 222 g/mol. The Kier molecular flexibility index (Phi) is 3.22. The van der Waals surface area contributed by atoms with E-state index in [2.05, 4.69) is 4.98 Å². The van der Waals surface area contributed by atoms with Crippen LogP contribution in [0.4, 0.5) is 0 Å². The average molecular weight is 234 g/mol. The summed E-state index contributed by atoms with van der Waals surface area (Å²) in [7, 11) is 0. The number of aryl methyl sites for hydroxylation is 1. The average Bonchev–Trinajstić information content (AvgIpc) is 2.30. The summed E-state index contributed by atoms with van der Waals surface area (Å²) < 4.78 is 0. The standard InChI is InChI=1S/C13H12ClNO/c1-9-3-2-8-15-12(9)13(16)10-4-6-11(14)7-5-10/h2-8,13,16H,1H3. The van der Waals surface area contributed by atoms with Crippen LogP contribution in [0.15, 0.2) is 42.6 Å². The number of halogens is 1. The molecule has 3 heteroatoms. The number of aliphatic hydroxyl groups is 1. The lowest BCUT2D eigenvalue weighted by Gasteiger charge is -2.12. The first-order valence-corrected chi connectivity index (χ1v) is 5.41. The van der Waals surface area contributed by atoms with Gasteiger partial charge in [0.25, 0.3) is 0 Å². The highest BCUT2D eigenvalue weighted by molar-refractivity contribution is 6.30. The van der Waals surface area contributed by atoms with Gasteiger partial charge in [0.05, 0.1) is 5.69 Å². The Labute approximate surface area is 99.5 Å². The van der Waals surface area contributed by atoms with Gasteiger partial charge < -0.3 is 5.11 Å². The van der Waals surface area contributed by atoms with E-state index in [-0.39, 0.29) is 0 Å². The highest BCUT2D eigenvalue weighted by atomic mass is 35.5. The Balaban J connectivity index is 2.35. The van der Waals surface area contributed by atoms with Gasteiger partial charge in [0.2, 0.25) is 0 Å². The van der Waals surface area contributed by atoms with Gasteiger partial charge in [-0.15, -0.1) is 0 Å². The van der Waals surface area contributed by atoms with Crippen LogP contribution in [-0.2, 0) is 0 Å². The molecule has 2 nitrogen and oxygen atoms in total. The molecule has 0 spiro atoms. The minimum atomic E-state index is -0.696. The van der Waals surface area contributed by atoms with Gasteiger partial charge in [0.1, 0.15) is 6.10 Å². The van der Waals surface area contributed by atoms with Crippen LogP contribution in [0.1, 0.15) is 22.9 Å². The Morgan fingerprint density at radius 2 is 1.88 bits per heavy atom. The summed E-state index contributed by atoms with van der Waals surface area (Å²) in [6.45, 7) is 1.93. The molecule has 0 radical (unpaired) electrons. The van der Waals surface area contributed by atoms with Gasteiger partial charge >= 0.3 is 0 Å². The Morgan fingerprint density at radius 3 is 2.50 bits per heavy atom. The van der Waals surface area contributed by atoms with E-state index in [1.807, 2.05) is 19.1 Å². The first-order chi connectivity index (χ1) is 7.68. The Bertz CT molecular complexity index is 482. The topological polar surface area (TPSA) is 33.1 Å². The summed E-state index contributed by atoms with van der Waals surface area (Å²) in [5.74, 6) is 0. The molecule has 0 fully saturated rings. The first-order valence-electron chi connectivity index (χ1n) is 5.03. The van der Waals surface area contributed by atoms with Crippen molar-refractivity contribution in [2.24, 2.45) is 0 Å². The molecule has 16 heavy (non-hydrogen) atoms. The molecule has 2 rings (SSSR count). The Hall–Kier alpha value is -1.38. The number of hydrogen-bond donors (Lipinski definition) is 1. The van der Waals surface area contributed by atoms with Crippen LogP contribution in [0.3, 0.4) is 0 Å². The summed E-state index contributed by atoms with van der Waals surface area (Å²) in [4.78, 5) is 4.19. The number of hydrogen-bond acceptors (Lipinski definition) is 2. The molecule has 0 saturated carbocycles. The largest absolute Gasteiger partial charge is 0.382 e. The fourth-order valence-electron chi connectivity index (χ4n) is 1.59. The van der Waals surface area contributed by atoms with Crippen LogP contribution in [0.25, 0.3) is 0 Å². The molecule has 2 aromatic rings. The van der Waals surface area contributed by atoms with Crippen LogP contribution >= 0.6 is 11.6 Å². The van der Waals surface area contributed by atoms with Crippen molar-refractivity contribution in [2.75, 3.05) is 0 Å². The van der Waals surface area contributed by atoms with Crippen LogP contribution < -0.4 is 0 Å². The number of rotatable bonds is 2. The minimum Gasteiger partial charge on any atom is -0.382 e. The van der Waals surface area contributed by atoms with Crippen LogP contribution in [0.5, 0.6) is 0 Å². The van der Waals surface area contributed by atoms with Gasteiger partial charge in [-0.05, 0) is 36.2 Å². The maximum Gasteiger partial charge on any atom is 0.121 e. The number of aliphatic hydroxyl groups excluding tert-OH is 1. The zero-order chi connectivity index (χ0) is 11.5. The molecule has 0 amide bonds. The maximum atomic E-state index is 10.2. The normalized spacial score (nSPS) is 12.4. The molecule has 1 heterocycles. The number of aromatic nitrogens is 1. The molecule has 1 aromatic carbocycles. The van der Waals surface area contributed by atoms with E-state index < -0.39 is 6.10 Å². The second-order valence-corrected chi connectivity index (χ2v) is 4.10. The van der Waals surface area contributed by atoms with Crippen molar-refractivity contribution in [1.82, 2.24) is 4.98 Å². The van der Waals surface area contributed by atoms with Gasteiger partial charge in [0, 0.05) is 11.2 Å². The molecule has 0 saturated heterocycles. The van der Waals surface area contributed by atoms with Crippen LogP contribution in [-0.4, -0.2) is 10.1 Å². The van der Waals surface area contributed by atoms with Gasteiger partial charge in [0.15, 0.2) is 0 Å². The van der Waals surface area contributed by atoms with Crippen LogP contribution in [0, 0.1) is 6.92 Å². The third-order valence-electron chi connectivity index (χ3n) is 2.49. The lowest BCUT2D eigenvalue weighted by molar-refractivity contribution is 0.214. The fraction of sp³-hybridized carbons (Fsp3) is 0.154. The van der Waals surface area contributed by atoms with E-state index in [4.69, 9.17) is 11.6 Å². The van der Waals surface area contributed by atoms with Gasteiger partial charge in [-0.3, -0.25) is 4.98 Å². The molecule has 1 atom stereocenters. The van der Waals surface area contributed by atoms with E-state index in [0.29, 0.717) is 10.7 Å². The van der Waals surface area contributed by atoms with E-state index in [0.717, 1.165) is 11.1 Å². The molecule has 0 aliphatic rings. The molecule has 82 valence electrons. The predicted octanol–water partition coefficient (Wildman–Crippen LogP) is 3.13. The SMILES string of the molecule is Cc1cccnc1C(O)c1ccc(Cl)cc1. The van der Waals surface area contributed by atoms with E-state index >= 15 is 0 Å². The predicted molar refractivity (Wildman–Crippen MR) is 64.5 cm³/mol. The monoisotopic (exact) mass is 233 g/mol. The Morgan fingerprint density at radius 1 is 1.19 bits per heavy atom. The van der Waals surface area contributed by atoms with Crippen molar-refractivity contribution in [2.45, 2.75) is 13.0 Å². The van der Waals surface area contributed by atoms with E-state index in [1.54, 1.807) is 30.5 Å². The van der Waals surface area contributed by atoms with Gasteiger partial charge in [-0.25, -0.2) is 0 Å². The quantitative estimate of drug-likeness (QED) is 0.865. The fourth-order valence-corrected chi connectivity index (χ4v) is 1.71. The minimum absolute atomic E-state index is 0.661. The second kappa shape index (κ2) is 4.64. The van der Waals surface area contributed by atoms with Crippen molar-refractivity contribution in [3.8, 4) is 0 Å². The summed E-state index contributed by atoms with van der Waals surface area (Å²) in [6, 6.07) is 10.9.